The molecule has 0 bridgehead atoms. The predicted octanol–water partition coefficient (Wildman–Crippen LogP) is 3.16. The fourth-order valence-corrected chi connectivity index (χ4v) is 6.63. The van der Waals surface area contributed by atoms with Crippen molar-refractivity contribution >= 4 is 57.4 Å². The Morgan fingerprint density at radius 1 is 1.05 bits per heavy atom. The highest BCUT2D eigenvalue weighted by Gasteiger charge is 2.30. The van der Waals surface area contributed by atoms with Crippen LogP contribution in [0.5, 0.6) is 0 Å². The van der Waals surface area contributed by atoms with Gasteiger partial charge in [-0.15, -0.1) is 11.3 Å². The zero-order valence-electron chi connectivity index (χ0n) is 20.8. The van der Waals surface area contributed by atoms with Crippen LogP contribution in [0.3, 0.4) is 0 Å². The number of pyridine rings is 1. The molecule has 2 saturated heterocycles. The summed E-state index contributed by atoms with van der Waals surface area (Å²) in [6.07, 6.45) is 5.94. The molecule has 3 fully saturated rings. The fourth-order valence-electron chi connectivity index (χ4n) is 4.60. The number of carbonyl (C=O) groups excluding carboxylic acids is 2. The number of thiocarbonyl (C=S) groups is 1. The number of anilines is 1. The smallest absolute Gasteiger partial charge is 0.320 e. The number of amides is 3. The summed E-state index contributed by atoms with van der Waals surface area (Å²) < 4.78 is 0.810. The van der Waals surface area contributed by atoms with E-state index in [0.717, 1.165) is 59.9 Å². The third-order valence-corrected chi connectivity index (χ3v) is 9.18. The van der Waals surface area contributed by atoms with Crippen LogP contribution in [0, 0.1) is 0 Å². The molecule has 0 radical (unpaired) electrons. The van der Waals surface area contributed by atoms with Crippen molar-refractivity contribution in [2.45, 2.75) is 37.6 Å². The fraction of sp³-hybridized carbons (Fsp3) is 0.560. The van der Waals surface area contributed by atoms with Gasteiger partial charge in [-0.2, -0.15) is 0 Å². The molecule has 0 atom stereocenters. The van der Waals surface area contributed by atoms with E-state index < -0.39 is 0 Å². The van der Waals surface area contributed by atoms with Gasteiger partial charge >= 0.3 is 6.03 Å². The van der Waals surface area contributed by atoms with Crippen molar-refractivity contribution in [1.29, 1.82) is 0 Å². The number of aromatic nitrogens is 2. The van der Waals surface area contributed by atoms with Gasteiger partial charge in [-0.25, -0.2) is 14.8 Å². The van der Waals surface area contributed by atoms with Crippen LogP contribution in [-0.4, -0.2) is 93.6 Å². The van der Waals surface area contributed by atoms with E-state index in [4.69, 9.17) is 12.2 Å². The number of nitrogens with one attached hydrogen (secondary N) is 2. The molecule has 0 aromatic carbocycles. The molecule has 0 unspecified atom stereocenters. The minimum atomic E-state index is -0.137. The highest BCUT2D eigenvalue weighted by Crippen LogP contribution is 2.31. The monoisotopic (exact) mass is 559 g/mol. The Bertz CT molecular complexity index is 1080. The Balaban J connectivity index is 1.02. The van der Waals surface area contributed by atoms with Gasteiger partial charge < -0.3 is 25.3 Å². The average Bonchev–Trinajstić information content (AvgIpc) is 3.61. The lowest BCUT2D eigenvalue weighted by molar-refractivity contribution is 0.0951. The summed E-state index contributed by atoms with van der Waals surface area (Å²) in [5, 5.41) is 9.07. The van der Waals surface area contributed by atoms with Gasteiger partial charge in [0.15, 0.2) is 0 Å². The summed E-state index contributed by atoms with van der Waals surface area (Å²) in [6, 6.07) is 6.61. The second-order valence-corrected chi connectivity index (χ2v) is 12.2. The van der Waals surface area contributed by atoms with Crippen molar-refractivity contribution in [3.63, 3.8) is 0 Å². The summed E-state index contributed by atoms with van der Waals surface area (Å²) >= 11 is 8.41. The average molecular weight is 560 g/mol. The van der Waals surface area contributed by atoms with Gasteiger partial charge in [0.2, 0.25) is 0 Å². The first-order chi connectivity index (χ1) is 18.1. The lowest BCUT2D eigenvalue weighted by Crippen LogP contribution is -2.54. The summed E-state index contributed by atoms with van der Waals surface area (Å²) in [6.45, 7) is 5.01. The number of nitrogens with zero attached hydrogens (tertiary/aromatic N) is 5. The summed E-state index contributed by atoms with van der Waals surface area (Å²) in [5.41, 5.74) is 0.480. The molecule has 2 N–H and O–H groups in total. The third kappa shape index (κ3) is 7.11. The maximum absolute atomic E-state index is 13.1. The van der Waals surface area contributed by atoms with E-state index in [1.807, 2.05) is 33.4 Å². The number of thiazole rings is 1. The lowest BCUT2D eigenvalue weighted by atomic mass is 9.98. The van der Waals surface area contributed by atoms with Crippen LogP contribution in [0.4, 0.5) is 10.6 Å². The topological polar surface area (TPSA) is 93.7 Å². The molecule has 9 nitrogen and oxygen atoms in total. The van der Waals surface area contributed by atoms with Gasteiger partial charge in [-0.3, -0.25) is 4.79 Å². The number of piperidine rings is 1. The number of carbonyl (C=O) groups is 2. The van der Waals surface area contributed by atoms with E-state index in [2.05, 4.69) is 25.5 Å². The van der Waals surface area contributed by atoms with Crippen LogP contribution >= 0.6 is 35.3 Å². The van der Waals surface area contributed by atoms with Gasteiger partial charge in [0.1, 0.15) is 15.8 Å². The van der Waals surface area contributed by atoms with Gasteiger partial charge in [0, 0.05) is 75.1 Å². The highest BCUT2D eigenvalue weighted by atomic mass is 32.2. The first kappa shape index (κ1) is 26.2. The van der Waals surface area contributed by atoms with Crippen LogP contribution in [0.2, 0.25) is 0 Å². The van der Waals surface area contributed by atoms with Crippen molar-refractivity contribution in [1.82, 2.24) is 30.4 Å². The van der Waals surface area contributed by atoms with Gasteiger partial charge in [-0.1, -0.05) is 30.0 Å². The normalized spacial score (nSPS) is 18.5. The van der Waals surface area contributed by atoms with Crippen molar-refractivity contribution in [2.24, 2.45) is 0 Å². The SMILES string of the molecule is O=C(NCCSC(=S)NC1CC1)c1csc(C2CCN(C(=O)N3CCN(c4ccccn4)CC3)CC2)n1. The van der Waals surface area contributed by atoms with Gasteiger partial charge in [0.05, 0.1) is 5.01 Å². The molecule has 0 spiro atoms. The summed E-state index contributed by atoms with van der Waals surface area (Å²) in [5.74, 6) is 1.86. The molecule has 3 aliphatic rings. The molecule has 3 amide bonds. The van der Waals surface area contributed by atoms with Crippen molar-refractivity contribution in [2.75, 3.05) is 56.5 Å². The van der Waals surface area contributed by atoms with E-state index in [9.17, 15) is 9.59 Å². The van der Waals surface area contributed by atoms with Crippen LogP contribution in [0.15, 0.2) is 29.8 Å². The number of hydrogen-bond acceptors (Lipinski definition) is 8. The second-order valence-electron chi connectivity index (χ2n) is 9.59. The van der Waals surface area contributed by atoms with Gasteiger partial charge in [-0.05, 0) is 37.8 Å². The molecule has 12 heteroatoms. The summed E-state index contributed by atoms with van der Waals surface area (Å²) in [7, 11) is 0. The van der Waals surface area contributed by atoms with Crippen LogP contribution in [0.1, 0.15) is 47.1 Å². The van der Waals surface area contributed by atoms with Crippen LogP contribution < -0.4 is 15.5 Å². The number of hydrogen-bond donors (Lipinski definition) is 2. The van der Waals surface area contributed by atoms with Crippen LogP contribution in [-0.2, 0) is 0 Å². The lowest BCUT2D eigenvalue weighted by Gasteiger charge is -2.39. The first-order valence-electron chi connectivity index (χ1n) is 12.9. The van der Waals surface area contributed by atoms with Crippen molar-refractivity contribution in [3.8, 4) is 0 Å². The maximum Gasteiger partial charge on any atom is 0.320 e. The van der Waals surface area contributed by atoms with E-state index in [1.54, 1.807) is 29.3 Å². The summed E-state index contributed by atoms with van der Waals surface area (Å²) in [4.78, 5) is 40.8. The second kappa shape index (κ2) is 12.4. The minimum absolute atomic E-state index is 0.128. The number of likely N-dealkylation sites (tertiary alicyclic amines) is 1. The van der Waals surface area contributed by atoms with E-state index in [0.29, 0.717) is 31.4 Å². The number of urea groups is 1. The highest BCUT2D eigenvalue weighted by molar-refractivity contribution is 8.22. The van der Waals surface area contributed by atoms with E-state index in [1.165, 1.54) is 12.8 Å². The Morgan fingerprint density at radius 2 is 1.81 bits per heavy atom. The Labute approximate surface area is 231 Å². The Hall–Kier alpha value is -2.44. The molecule has 2 aliphatic heterocycles. The molecular weight excluding hydrogens is 527 g/mol. The third-order valence-electron chi connectivity index (χ3n) is 6.91. The largest absolute Gasteiger partial charge is 0.368 e. The van der Waals surface area contributed by atoms with E-state index >= 15 is 0 Å². The molecule has 1 aliphatic carbocycles. The molecule has 5 rings (SSSR count). The predicted molar refractivity (Wildman–Crippen MR) is 153 cm³/mol. The molecule has 4 heterocycles. The number of rotatable bonds is 7. The molecular formula is C25H33N7O2S3. The maximum atomic E-state index is 13.1. The minimum Gasteiger partial charge on any atom is -0.368 e. The molecule has 198 valence electrons. The van der Waals surface area contributed by atoms with Crippen molar-refractivity contribution in [3.05, 3.63) is 40.5 Å². The zero-order valence-corrected chi connectivity index (χ0v) is 23.3. The Kier molecular flexibility index (Phi) is 8.78. The van der Waals surface area contributed by atoms with Gasteiger partial charge in [0.25, 0.3) is 5.91 Å². The Morgan fingerprint density at radius 3 is 2.51 bits per heavy atom. The molecule has 1 saturated carbocycles. The molecule has 37 heavy (non-hydrogen) atoms. The zero-order chi connectivity index (χ0) is 25.6. The van der Waals surface area contributed by atoms with Crippen molar-refractivity contribution < 1.29 is 9.59 Å². The van der Waals surface area contributed by atoms with E-state index in [-0.39, 0.29) is 17.9 Å². The van der Waals surface area contributed by atoms with Crippen LogP contribution in [0.25, 0.3) is 0 Å². The number of piperazine rings is 1. The first-order valence-corrected chi connectivity index (χ1v) is 15.2. The quantitative estimate of drug-likeness (QED) is 0.395. The number of thioether (sulfide) groups is 1. The molecule has 2 aromatic rings. The standard InChI is InChI=1S/C25H33N7O2S3/c33-22(27-9-16-36-24(35)28-19-4-5-19)20-17-37-23(29-20)18-6-10-31(11-7-18)25(34)32-14-12-30(13-15-32)21-3-1-2-8-26-21/h1-3,8,17-19H,4-7,9-16H2,(H,27,33)(H,28,35). The molecule has 2 aromatic heterocycles.